The van der Waals surface area contributed by atoms with Crippen molar-refractivity contribution < 1.29 is 24.5 Å². The smallest absolute Gasteiger partial charge is 0.305 e. The molecule has 0 rings (SSSR count). The van der Waals surface area contributed by atoms with Crippen molar-refractivity contribution in [1.29, 1.82) is 0 Å². The number of aliphatic hydroxyl groups excluding tert-OH is 2. The summed E-state index contributed by atoms with van der Waals surface area (Å²) >= 11 is 0. The van der Waals surface area contributed by atoms with E-state index in [1.165, 1.54) is 270 Å². The van der Waals surface area contributed by atoms with E-state index in [0.717, 1.165) is 44.9 Å². The first-order valence-electron chi connectivity index (χ1n) is 31.6. The number of ether oxygens (including phenoxy) is 1. The molecule has 0 fully saturated rings. The van der Waals surface area contributed by atoms with Gasteiger partial charge in [-0.3, -0.25) is 9.59 Å². The van der Waals surface area contributed by atoms with Crippen LogP contribution in [0.2, 0.25) is 0 Å². The third-order valence-electron chi connectivity index (χ3n) is 14.8. The van der Waals surface area contributed by atoms with Crippen molar-refractivity contribution in [2.75, 3.05) is 13.2 Å². The second kappa shape index (κ2) is 59.9. The maximum absolute atomic E-state index is 12.5. The molecule has 0 aromatic carbocycles. The van der Waals surface area contributed by atoms with E-state index in [9.17, 15) is 19.8 Å². The van der Waals surface area contributed by atoms with Crippen LogP contribution in [0.5, 0.6) is 0 Å². The lowest BCUT2D eigenvalue weighted by Gasteiger charge is -2.22. The van der Waals surface area contributed by atoms with E-state index in [1.807, 2.05) is 0 Å². The molecule has 0 saturated heterocycles. The van der Waals surface area contributed by atoms with E-state index in [2.05, 4.69) is 43.5 Å². The highest BCUT2D eigenvalue weighted by atomic mass is 16.5. The number of rotatable bonds is 59. The summed E-state index contributed by atoms with van der Waals surface area (Å²) in [5, 5.41) is 23.3. The maximum Gasteiger partial charge on any atom is 0.305 e. The highest BCUT2D eigenvalue weighted by molar-refractivity contribution is 5.76. The molecule has 414 valence electrons. The first-order chi connectivity index (χ1) is 34.5. The first kappa shape index (κ1) is 68.3. The van der Waals surface area contributed by atoms with Crippen molar-refractivity contribution >= 4 is 11.9 Å². The number of unbranched alkanes of at least 4 members (excludes halogenated alkanes) is 44. The van der Waals surface area contributed by atoms with Gasteiger partial charge in [0.1, 0.15) is 0 Å². The fourth-order valence-electron chi connectivity index (χ4n) is 9.91. The molecule has 0 aliphatic heterocycles. The predicted octanol–water partition coefficient (Wildman–Crippen LogP) is 19.8. The second-order valence-corrected chi connectivity index (χ2v) is 21.7. The van der Waals surface area contributed by atoms with Gasteiger partial charge < -0.3 is 20.3 Å². The van der Waals surface area contributed by atoms with Crippen LogP contribution in [0.3, 0.4) is 0 Å². The van der Waals surface area contributed by atoms with Crippen LogP contribution < -0.4 is 5.32 Å². The van der Waals surface area contributed by atoms with Gasteiger partial charge in [0.05, 0.1) is 25.4 Å². The first-order valence-corrected chi connectivity index (χ1v) is 31.6. The normalized spacial score (nSPS) is 12.7. The largest absolute Gasteiger partial charge is 0.466 e. The van der Waals surface area contributed by atoms with E-state index >= 15 is 0 Å². The molecule has 1 amide bonds. The molecule has 6 heteroatoms. The van der Waals surface area contributed by atoms with Gasteiger partial charge in [0.2, 0.25) is 5.91 Å². The van der Waals surface area contributed by atoms with Crippen molar-refractivity contribution in [3.8, 4) is 0 Å². The Kier molecular flexibility index (Phi) is 58.5. The number of hydrogen-bond donors (Lipinski definition) is 3. The molecule has 0 saturated carbocycles. The molecule has 0 aromatic heterocycles. The van der Waals surface area contributed by atoms with Crippen molar-refractivity contribution in [2.45, 2.75) is 360 Å². The van der Waals surface area contributed by atoms with Crippen LogP contribution in [-0.4, -0.2) is 47.4 Å². The Labute approximate surface area is 437 Å². The Morgan fingerprint density at radius 2 is 0.714 bits per heavy atom. The topological polar surface area (TPSA) is 95.9 Å². The minimum Gasteiger partial charge on any atom is -0.466 e. The molecular weight excluding hydrogens is 863 g/mol. The van der Waals surface area contributed by atoms with Crippen LogP contribution in [0.25, 0.3) is 0 Å². The number of nitrogens with one attached hydrogen (secondary N) is 1. The molecule has 3 N–H and O–H groups in total. The summed E-state index contributed by atoms with van der Waals surface area (Å²) in [6.45, 7) is 4.97. The molecule has 0 aromatic rings. The Bertz CT molecular complexity index is 1090. The van der Waals surface area contributed by atoms with Crippen LogP contribution in [0.15, 0.2) is 24.3 Å². The summed E-state index contributed by atoms with van der Waals surface area (Å²) in [5.74, 6) is -0.0279. The number of carbonyl (C=O) groups is 2. The summed E-state index contributed by atoms with van der Waals surface area (Å²) in [5.41, 5.74) is 0. The van der Waals surface area contributed by atoms with Crippen LogP contribution in [0.1, 0.15) is 348 Å². The van der Waals surface area contributed by atoms with Crippen LogP contribution in [-0.2, 0) is 14.3 Å². The zero-order chi connectivity index (χ0) is 50.7. The Hall–Kier alpha value is -1.66. The van der Waals surface area contributed by atoms with Crippen molar-refractivity contribution in [2.24, 2.45) is 0 Å². The van der Waals surface area contributed by atoms with Gasteiger partial charge in [-0.15, -0.1) is 0 Å². The van der Waals surface area contributed by atoms with Crippen molar-refractivity contribution in [3.63, 3.8) is 0 Å². The summed E-state index contributed by atoms with van der Waals surface area (Å²) in [4.78, 5) is 24.5. The van der Waals surface area contributed by atoms with Crippen molar-refractivity contribution in [3.05, 3.63) is 24.3 Å². The SMILES string of the molecule is CCCCCCCCCCCCCCCCC(=O)OCCCCCCCCCCC/C=C\C/C=C\CCCCCCCCCCCC(=O)NC(CO)C(O)CCCCCCCCCCCCCCCC. The minimum atomic E-state index is -0.667. The third-order valence-corrected chi connectivity index (χ3v) is 14.8. The molecule has 2 unspecified atom stereocenters. The molecule has 0 heterocycles. The van der Waals surface area contributed by atoms with Crippen LogP contribution in [0, 0.1) is 0 Å². The van der Waals surface area contributed by atoms with E-state index in [1.54, 1.807) is 0 Å². The summed E-state index contributed by atoms with van der Waals surface area (Å²) in [7, 11) is 0. The molecule has 70 heavy (non-hydrogen) atoms. The number of carbonyl (C=O) groups excluding carboxylic acids is 2. The van der Waals surface area contributed by atoms with Gasteiger partial charge >= 0.3 is 5.97 Å². The van der Waals surface area contributed by atoms with E-state index in [0.29, 0.717) is 25.9 Å². The summed E-state index contributed by atoms with van der Waals surface area (Å²) < 4.78 is 5.48. The molecule has 0 bridgehead atoms. The van der Waals surface area contributed by atoms with Gasteiger partial charge in [-0.05, 0) is 57.8 Å². The second-order valence-electron chi connectivity index (χ2n) is 21.7. The zero-order valence-electron chi connectivity index (χ0n) is 47.3. The average molecular weight is 987 g/mol. The predicted molar refractivity (Wildman–Crippen MR) is 306 cm³/mol. The Balaban J connectivity index is 3.42. The van der Waals surface area contributed by atoms with Gasteiger partial charge in [-0.1, -0.05) is 301 Å². The quantitative estimate of drug-likeness (QED) is 0.0321. The van der Waals surface area contributed by atoms with Crippen LogP contribution >= 0.6 is 0 Å². The number of hydrogen-bond acceptors (Lipinski definition) is 5. The number of allylic oxidation sites excluding steroid dienone is 4. The number of aliphatic hydroxyl groups is 2. The summed E-state index contributed by atoms with van der Waals surface area (Å²) in [6, 6.07) is -0.545. The zero-order valence-corrected chi connectivity index (χ0v) is 47.3. The Morgan fingerprint density at radius 3 is 1.09 bits per heavy atom. The Morgan fingerprint density at radius 1 is 0.400 bits per heavy atom. The van der Waals surface area contributed by atoms with Crippen LogP contribution in [0.4, 0.5) is 0 Å². The maximum atomic E-state index is 12.5. The number of amides is 1. The summed E-state index contributed by atoms with van der Waals surface area (Å²) in [6.07, 6.45) is 73.3. The average Bonchev–Trinajstić information content (AvgIpc) is 3.36. The van der Waals surface area contributed by atoms with Gasteiger partial charge in [0, 0.05) is 12.8 Å². The van der Waals surface area contributed by atoms with E-state index < -0.39 is 12.1 Å². The monoisotopic (exact) mass is 986 g/mol. The van der Waals surface area contributed by atoms with Gasteiger partial charge in [-0.2, -0.15) is 0 Å². The van der Waals surface area contributed by atoms with E-state index in [4.69, 9.17) is 4.74 Å². The molecule has 2 atom stereocenters. The highest BCUT2D eigenvalue weighted by Crippen LogP contribution is 2.18. The molecule has 0 radical (unpaired) electrons. The lowest BCUT2D eigenvalue weighted by atomic mass is 10.0. The molecule has 0 spiro atoms. The third kappa shape index (κ3) is 55.7. The molecule has 6 nitrogen and oxygen atoms in total. The molecular formula is C64H123NO5. The standard InChI is InChI=1S/C64H123NO5/c1-3-5-7-9-11-13-15-17-32-36-40-44-48-52-56-62(67)61(60-66)65-63(68)57-53-49-45-41-37-33-30-28-26-24-22-20-19-21-23-25-27-29-31-35-39-43-47-51-55-59-70-64(69)58-54-50-46-42-38-34-18-16-14-12-10-8-6-4-2/h20-23,61-62,66-67H,3-19,24-60H2,1-2H3,(H,65,68)/b22-20-,23-21-. The fourth-order valence-corrected chi connectivity index (χ4v) is 9.91. The van der Waals surface area contributed by atoms with Gasteiger partial charge in [0.25, 0.3) is 0 Å². The lowest BCUT2D eigenvalue weighted by Crippen LogP contribution is -2.45. The lowest BCUT2D eigenvalue weighted by molar-refractivity contribution is -0.143. The van der Waals surface area contributed by atoms with Crippen molar-refractivity contribution in [1.82, 2.24) is 5.32 Å². The van der Waals surface area contributed by atoms with E-state index in [-0.39, 0.29) is 18.5 Å². The fraction of sp³-hybridized carbons (Fsp3) is 0.906. The van der Waals surface area contributed by atoms with Gasteiger partial charge in [-0.25, -0.2) is 0 Å². The molecule has 0 aliphatic rings. The highest BCUT2D eigenvalue weighted by Gasteiger charge is 2.20. The van der Waals surface area contributed by atoms with Gasteiger partial charge in [0.15, 0.2) is 0 Å². The number of esters is 1. The minimum absolute atomic E-state index is 0.0116. The molecule has 0 aliphatic carbocycles.